The summed E-state index contributed by atoms with van der Waals surface area (Å²) in [5, 5.41) is 0. The molecule has 0 amide bonds. The van der Waals surface area contributed by atoms with Crippen molar-refractivity contribution in [2.24, 2.45) is 23.5 Å². The second-order valence-corrected chi connectivity index (χ2v) is 6.54. The molecule has 3 saturated carbocycles. The van der Waals surface area contributed by atoms with Gasteiger partial charge in [0.1, 0.15) is 0 Å². The summed E-state index contributed by atoms with van der Waals surface area (Å²) in [7, 11) is 2.31. The number of nitrogens with two attached hydrogens (primary N) is 1. The highest BCUT2D eigenvalue weighted by atomic mass is 15.2. The van der Waals surface area contributed by atoms with E-state index in [4.69, 9.17) is 5.73 Å². The van der Waals surface area contributed by atoms with Gasteiger partial charge in [-0.1, -0.05) is 12.8 Å². The van der Waals surface area contributed by atoms with E-state index in [1.807, 2.05) is 0 Å². The van der Waals surface area contributed by atoms with Crippen molar-refractivity contribution in [2.75, 3.05) is 13.6 Å². The van der Waals surface area contributed by atoms with Gasteiger partial charge in [-0.2, -0.15) is 0 Å². The molecule has 0 spiro atoms. The van der Waals surface area contributed by atoms with Crippen LogP contribution in [0.1, 0.15) is 44.9 Å². The molecule has 92 valence electrons. The van der Waals surface area contributed by atoms with E-state index in [1.165, 1.54) is 51.5 Å². The van der Waals surface area contributed by atoms with Crippen LogP contribution in [0.2, 0.25) is 0 Å². The van der Waals surface area contributed by atoms with Gasteiger partial charge in [-0.25, -0.2) is 0 Å². The normalized spacial score (nSPS) is 47.1. The maximum Gasteiger partial charge on any atom is 0.0244 e. The molecule has 0 radical (unpaired) electrons. The minimum absolute atomic E-state index is 0.448. The van der Waals surface area contributed by atoms with Crippen LogP contribution in [0, 0.1) is 17.8 Å². The van der Waals surface area contributed by atoms with Crippen molar-refractivity contribution in [2.45, 2.75) is 57.0 Å². The first-order valence-electron chi connectivity index (χ1n) is 7.20. The average molecular weight is 222 g/mol. The monoisotopic (exact) mass is 222 g/mol. The molecule has 0 heterocycles. The quantitative estimate of drug-likeness (QED) is 0.793. The van der Waals surface area contributed by atoms with E-state index < -0.39 is 0 Å². The van der Waals surface area contributed by atoms with Crippen LogP contribution in [0.15, 0.2) is 0 Å². The van der Waals surface area contributed by atoms with Crippen molar-refractivity contribution in [3.05, 3.63) is 0 Å². The van der Waals surface area contributed by atoms with E-state index >= 15 is 0 Å². The average Bonchev–Trinajstić information content (AvgIpc) is 2.92. The third-order valence-corrected chi connectivity index (χ3v) is 5.50. The molecule has 2 heteroatoms. The van der Waals surface area contributed by atoms with Gasteiger partial charge >= 0.3 is 0 Å². The lowest BCUT2D eigenvalue weighted by atomic mass is 9.88. The minimum atomic E-state index is 0.448. The molecular weight excluding hydrogens is 196 g/mol. The third-order valence-electron chi connectivity index (χ3n) is 5.50. The summed E-state index contributed by atoms with van der Waals surface area (Å²) in [5.41, 5.74) is 6.19. The number of likely N-dealkylation sites (N-methyl/N-ethyl adjacent to an activating group) is 1. The predicted octanol–water partition coefficient (Wildman–Crippen LogP) is 2.23. The smallest absolute Gasteiger partial charge is 0.0244 e. The Balaban J connectivity index is 1.54. The molecule has 2 nitrogen and oxygen atoms in total. The zero-order chi connectivity index (χ0) is 11.1. The molecule has 3 aliphatic carbocycles. The predicted molar refractivity (Wildman–Crippen MR) is 67.2 cm³/mol. The minimum Gasteiger partial charge on any atom is -0.326 e. The molecule has 0 saturated heterocycles. The molecule has 0 aromatic carbocycles. The van der Waals surface area contributed by atoms with Crippen molar-refractivity contribution in [1.29, 1.82) is 0 Å². The van der Waals surface area contributed by atoms with Crippen LogP contribution in [0.25, 0.3) is 0 Å². The van der Waals surface area contributed by atoms with Gasteiger partial charge < -0.3 is 10.6 Å². The molecule has 0 aromatic rings. The number of nitrogens with zero attached hydrogens (tertiary/aromatic N) is 1. The summed E-state index contributed by atoms with van der Waals surface area (Å²) in [5.74, 6) is 3.14. The lowest BCUT2D eigenvalue weighted by Gasteiger charge is -2.33. The molecule has 5 atom stereocenters. The Kier molecular flexibility index (Phi) is 2.97. The van der Waals surface area contributed by atoms with Crippen molar-refractivity contribution >= 4 is 0 Å². The van der Waals surface area contributed by atoms with Gasteiger partial charge in [0.15, 0.2) is 0 Å². The summed E-state index contributed by atoms with van der Waals surface area (Å²) >= 11 is 0. The fraction of sp³-hybridized carbons (Fsp3) is 1.00. The second kappa shape index (κ2) is 4.30. The maximum atomic E-state index is 6.19. The fourth-order valence-electron chi connectivity index (χ4n) is 4.62. The molecule has 3 rings (SSSR count). The lowest BCUT2D eigenvalue weighted by Crippen LogP contribution is -2.44. The number of fused-ring (bicyclic) bond motifs is 2. The van der Waals surface area contributed by atoms with Crippen molar-refractivity contribution in [3.8, 4) is 0 Å². The van der Waals surface area contributed by atoms with Gasteiger partial charge in [-0.3, -0.25) is 0 Å². The second-order valence-electron chi connectivity index (χ2n) is 6.54. The van der Waals surface area contributed by atoms with Crippen LogP contribution in [-0.4, -0.2) is 30.6 Å². The first-order chi connectivity index (χ1) is 7.74. The van der Waals surface area contributed by atoms with Gasteiger partial charge in [0, 0.05) is 18.6 Å². The van der Waals surface area contributed by atoms with Crippen molar-refractivity contribution in [3.63, 3.8) is 0 Å². The molecule has 16 heavy (non-hydrogen) atoms. The lowest BCUT2D eigenvalue weighted by molar-refractivity contribution is 0.165. The summed E-state index contributed by atoms with van der Waals surface area (Å²) < 4.78 is 0. The summed E-state index contributed by atoms with van der Waals surface area (Å²) in [4.78, 5) is 2.59. The Hall–Kier alpha value is -0.0800. The highest BCUT2D eigenvalue weighted by Gasteiger charge is 2.40. The van der Waals surface area contributed by atoms with Gasteiger partial charge in [-0.15, -0.1) is 0 Å². The Morgan fingerprint density at radius 2 is 2.00 bits per heavy atom. The SMILES string of the molecule is CN(CC1CC2CCC1C2)C1CCCC1N. The van der Waals surface area contributed by atoms with Crippen LogP contribution in [-0.2, 0) is 0 Å². The standard InChI is InChI=1S/C14H26N2/c1-16(14-4-2-3-13(14)15)9-12-8-10-5-6-11(12)7-10/h10-14H,2-9,15H2,1H3. The van der Waals surface area contributed by atoms with Crippen LogP contribution in [0.5, 0.6) is 0 Å². The largest absolute Gasteiger partial charge is 0.326 e. The molecule has 2 bridgehead atoms. The number of hydrogen-bond donors (Lipinski definition) is 1. The summed E-state index contributed by atoms with van der Waals surface area (Å²) in [6, 6.07) is 1.13. The van der Waals surface area contributed by atoms with E-state index in [9.17, 15) is 0 Å². The summed E-state index contributed by atoms with van der Waals surface area (Å²) in [6.07, 6.45) is 10.00. The molecule has 0 aliphatic heterocycles. The van der Waals surface area contributed by atoms with Gasteiger partial charge in [0.25, 0.3) is 0 Å². The highest BCUT2D eigenvalue weighted by molar-refractivity contribution is 4.93. The Labute approximate surface area is 99.6 Å². The van der Waals surface area contributed by atoms with Crippen LogP contribution < -0.4 is 5.73 Å². The fourth-order valence-corrected chi connectivity index (χ4v) is 4.62. The van der Waals surface area contributed by atoms with Crippen molar-refractivity contribution < 1.29 is 0 Å². The Bertz CT molecular complexity index is 253. The summed E-state index contributed by atoms with van der Waals surface area (Å²) in [6.45, 7) is 1.32. The molecule has 0 aromatic heterocycles. The molecule has 3 fully saturated rings. The van der Waals surface area contributed by atoms with E-state index in [-0.39, 0.29) is 0 Å². The zero-order valence-corrected chi connectivity index (χ0v) is 10.6. The van der Waals surface area contributed by atoms with E-state index in [0.29, 0.717) is 12.1 Å². The Morgan fingerprint density at radius 3 is 2.56 bits per heavy atom. The highest BCUT2D eigenvalue weighted by Crippen LogP contribution is 2.48. The van der Waals surface area contributed by atoms with Gasteiger partial charge in [0.05, 0.1) is 0 Å². The molecule has 5 unspecified atom stereocenters. The maximum absolute atomic E-state index is 6.19. The first kappa shape index (κ1) is 11.0. The van der Waals surface area contributed by atoms with Crippen LogP contribution >= 0.6 is 0 Å². The van der Waals surface area contributed by atoms with Gasteiger partial charge in [0.2, 0.25) is 0 Å². The van der Waals surface area contributed by atoms with Crippen LogP contribution in [0.3, 0.4) is 0 Å². The number of hydrogen-bond acceptors (Lipinski definition) is 2. The van der Waals surface area contributed by atoms with E-state index in [2.05, 4.69) is 11.9 Å². The zero-order valence-electron chi connectivity index (χ0n) is 10.6. The molecular formula is C14H26N2. The van der Waals surface area contributed by atoms with Crippen molar-refractivity contribution in [1.82, 2.24) is 4.90 Å². The molecule has 2 N–H and O–H groups in total. The topological polar surface area (TPSA) is 29.3 Å². The number of rotatable bonds is 3. The first-order valence-corrected chi connectivity index (χ1v) is 7.20. The van der Waals surface area contributed by atoms with E-state index in [1.54, 1.807) is 0 Å². The van der Waals surface area contributed by atoms with Crippen LogP contribution in [0.4, 0.5) is 0 Å². The van der Waals surface area contributed by atoms with Gasteiger partial charge in [-0.05, 0) is 56.9 Å². The Morgan fingerprint density at radius 1 is 1.12 bits per heavy atom. The third kappa shape index (κ3) is 1.91. The molecule has 3 aliphatic rings. The van der Waals surface area contributed by atoms with E-state index in [0.717, 1.165) is 17.8 Å².